The molecule has 2 N–H and O–H groups in total. The van der Waals surface area contributed by atoms with Crippen molar-refractivity contribution in [3.05, 3.63) is 30.1 Å². The molecule has 6 nitrogen and oxygen atoms in total. The molecule has 1 aromatic rings. The summed E-state index contributed by atoms with van der Waals surface area (Å²) in [5.41, 5.74) is 0.919. The van der Waals surface area contributed by atoms with Gasteiger partial charge in [0, 0.05) is 17.9 Å². The van der Waals surface area contributed by atoms with E-state index in [2.05, 4.69) is 26.6 Å². The average Bonchev–Trinajstić information content (AvgIpc) is 2.48. The minimum Gasteiger partial charge on any atom is -0.333 e. The van der Waals surface area contributed by atoms with Crippen LogP contribution in [0.2, 0.25) is 0 Å². The number of pyridine rings is 1. The molecule has 2 rings (SSSR count). The minimum absolute atomic E-state index is 0.248. The van der Waals surface area contributed by atoms with Crippen LogP contribution in [0.15, 0.2) is 24.5 Å². The number of likely N-dealkylation sites (tertiary alicyclic amines) is 1. The van der Waals surface area contributed by atoms with E-state index in [4.69, 9.17) is 0 Å². The Kier molecular flexibility index (Phi) is 6.31. The molecule has 0 spiro atoms. The van der Waals surface area contributed by atoms with Gasteiger partial charge in [-0.15, -0.1) is 0 Å². The molecule has 132 valence electrons. The molecule has 3 amide bonds. The van der Waals surface area contributed by atoms with Crippen molar-refractivity contribution < 1.29 is 9.59 Å². The zero-order chi connectivity index (χ0) is 17.6. The van der Waals surface area contributed by atoms with Crippen molar-refractivity contribution in [1.82, 2.24) is 20.5 Å². The van der Waals surface area contributed by atoms with Crippen LogP contribution >= 0.6 is 0 Å². The Balaban J connectivity index is 1.69. The molecule has 2 heterocycles. The maximum Gasteiger partial charge on any atom is 0.321 e. The summed E-state index contributed by atoms with van der Waals surface area (Å²) >= 11 is 0. The van der Waals surface area contributed by atoms with Crippen molar-refractivity contribution in [2.45, 2.75) is 45.6 Å². The first-order valence-corrected chi connectivity index (χ1v) is 8.55. The van der Waals surface area contributed by atoms with Gasteiger partial charge in [-0.3, -0.25) is 20.0 Å². The number of amides is 3. The summed E-state index contributed by atoms with van der Waals surface area (Å²) in [5, 5.41) is 5.12. The van der Waals surface area contributed by atoms with Crippen LogP contribution in [-0.2, 0) is 11.2 Å². The lowest BCUT2D eigenvalue weighted by molar-refractivity contribution is -0.121. The summed E-state index contributed by atoms with van der Waals surface area (Å²) in [5.74, 6) is 0.389. The van der Waals surface area contributed by atoms with Gasteiger partial charge in [-0.25, -0.2) is 4.79 Å². The van der Waals surface area contributed by atoms with Gasteiger partial charge in [0.1, 0.15) is 0 Å². The molecule has 24 heavy (non-hydrogen) atoms. The largest absolute Gasteiger partial charge is 0.333 e. The lowest BCUT2D eigenvalue weighted by Crippen LogP contribution is -2.51. The molecule has 1 aliphatic heterocycles. The van der Waals surface area contributed by atoms with E-state index in [9.17, 15) is 9.59 Å². The van der Waals surface area contributed by atoms with Crippen LogP contribution in [0.5, 0.6) is 0 Å². The molecule has 0 unspecified atom stereocenters. The van der Waals surface area contributed by atoms with Gasteiger partial charge >= 0.3 is 6.03 Å². The number of aromatic nitrogens is 1. The van der Waals surface area contributed by atoms with Gasteiger partial charge in [0.05, 0.1) is 6.54 Å². The lowest BCUT2D eigenvalue weighted by atomic mass is 9.91. The molecular weight excluding hydrogens is 304 g/mol. The fraction of sp³-hybridized carbons (Fsp3) is 0.611. The number of hydrogen-bond acceptors (Lipinski definition) is 4. The zero-order valence-corrected chi connectivity index (χ0v) is 14.8. The Hall–Kier alpha value is -1.95. The summed E-state index contributed by atoms with van der Waals surface area (Å²) in [4.78, 5) is 29.9. The maximum absolute atomic E-state index is 12.0. The second-order valence-corrected chi connectivity index (χ2v) is 7.54. The number of imide groups is 1. The maximum atomic E-state index is 12.0. The number of nitrogens with one attached hydrogen (secondary N) is 2. The number of rotatable bonds is 4. The Morgan fingerprint density at radius 2 is 2.00 bits per heavy atom. The van der Waals surface area contributed by atoms with Crippen molar-refractivity contribution >= 4 is 11.9 Å². The molecule has 1 saturated heterocycles. The third kappa shape index (κ3) is 6.66. The van der Waals surface area contributed by atoms with E-state index in [1.165, 1.54) is 5.56 Å². The molecule has 6 heteroatoms. The summed E-state index contributed by atoms with van der Waals surface area (Å²) in [6.07, 6.45) is 6.89. The van der Waals surface area contributed by atoms with Gasteiger partial charge in [0.25, 0.3) is 0 Å². The van der Waals surface area contributed by atoms with Crippen LogP contribution in [0.25, 0.3) is 0 Å². The summed E-state index contributed by atoms with van der Waals surface area (Å²) in [7, 11) is 0. The fourth-order valence-corrected chi connectivity index (χ4v) is 2.94. The molecule has 0 aliphatic carbocycles. The van der Waals surface area contributed by atoms with E-state index in [0.717, 1.165) is 32.4 Å². The van der Waals surface area contributed by atoms with Gasteiger partial charge in [-0.1, -0.05) is 6.07 Å². The smallest absolute Gasteiger partial charge is 0.321 e. The van der Waals surface area contributed by atoms with Gasteiger partial charge < -0.3 is 5.32 Å². The van der Waals surface area contributed by atoms with Gasteiger partial charge in [-0.05, 0) is 70.7 Å². The Morgan fingerprint density at radius 1 is 1.29 bits per heavy atom. The van der Waals surface area contributed by atoms with Crippen molar-refractivity contribution in [2.24, 2.45) is 5.92 Å². The number of hydrogen-bond donors (Lipinski definition) is 2. The summed E-state index contributed by atoms with van der Waals surface area (Å²) < 4.78 is 0. The fourth-order valence-electron chi connectivity index (χ4n) is 2.94. The van der Waals surface area contributed by atoms with Gasteiger partial charge in [0.15, 0.2) is 0 Å². The first-order chi connectivity index (χ1) is 11.3. The van der Waals surface area contributed by atoms with E-state index in [1.54, 1.807) is 6.20 Å². The van der Waals surface area contributed by atoms with E-state index in [1.807, 2.05) is 33.0 Å². The minimum atomic E-state index is -0.432. The van der Waals surface area contributed by atoms with Crippen LogP contribution in [0.3, 0.4) is 0 Å². The third-order valence-corrected chi connectivity index (χ3v) is 4.06. The number of piperidine rings is 1. The van der Waals surface area contributed by atoms with E-state index >= 15 is 0 Å². The number of urea groups is 1. The highest BCUT2D eigenvalue weighted by molar-refractivity contribution is 5.95. The predicted octanol–water partition coefficient (Wildman–Crippen LogP) is 1.96. The van der Waals surface area contributed by atoms with Crippen molar-refractivity contribution in [1.29, 1.82) is 0 Å². The highest BCUT2D eigenvalue weighted by Crippen LogP contribution is 2.21. The highest BCUT2D eigenvalue weighted by Gasteiger charge is 2.22. The van der Waals surface area contributed by atoms with Gasteiger partial charge in [0.2, 0.25) is 5.91 Å². The van der Waals surface area contributed by atoms with E-state index in [-0.39, 0.29) is 18.0 Å². The second kappa shape index (κ2) is 8.24. The quantitative estimate of drug-likeness (QED) is 0.884. The molecule has 1 aromatic heterocycles. The highest BCUT2D eigenvalue weighted by atomic mass is 16.2. The molecule has 0 radical (unpaired) electrons. The average molecular weight is 332 g/mol. The lowest BCUT2D eigenvalue weighted by Gasteiger charge is -2.31. The van der Waals surface area contributed by atoms with Crippen LogP contribution in [0.4, 0.5) is 4.79 Å². The number of carbonyl (C=O) groups is 2. The van der Waals surface area contributed by atoms with E-state index < -0.39 is 6.03 Å². The standard InChI is InChI=1S/C18H28N4O2/c1-18(2,3)21-17(24)20-16(23)13-22-9-6-14(7-10-22)11-15-5-4-8-19-12-15/h4-5,8,12,14H,6-7,9-11,13H2,1-3H3,(H2,20,21,23,24). The summed E-state index contributed by atoms with van der Waals surface area (Å²) in [6.45, 7) is 7.69. The SMILES string of the molecule is CC(C)(C)NC(=O)NC(=O)CN1CCC(Cc2cccnc2)CC1. The first-order valence-electron chi connectivity index (χ1n) is 8.55. The molecule has 1 fully saturated rings. The van der Waals surface area contributed by atoms with Crippen LogP contribution < -0.4 is 10.6 Å². The van der Waals surface area contributed by atoms with Crippen molar-refractivity contribution in [2.75, 3.05) is 19.6 Å². The molecular formula is C18H28N4O2. The Labute approximate surface area is 144 Å². The van der Waals surface area contributed by atoms with Crippen molar-refractivity contribution in [3.8, 4) is 0 Å². The predicted molar refractivity (Wildman–Crippen MR) is 93.5 cm³/mol. The molecule has 0 aromatic carbocycles. The zero-order valence-electron chi connectivity index (χ0n) is 14.8. The number of nitrogens with zero attached hydrogens (tertiary/aromatic N) is 2. The van der Waals surface area contributed by atoms with Crippen LogP contribution in [0, 0.1) is 5.92 Å². The topological polar surface area (TPSA) is 74.3 Å². The summed E-state index contributed by atoms with van der Waals surface area (Å²) in [6, 6.07) is 3.65. The normalized spacial score (nSPS) is 16.6. The van der Waals surface area contributed by atoms with Crippen molar-refractivity contribution in [3.63, 3.8) is 0 Å². The Bertz CT molecular complexity index is 546. The van der Waals surface area contributed by atoms with Crippen LogP contribution in [0.1, 0.15) is 39.2 Å². The van der Waals surface area contributed by atoms with E-state index in [0.29, 0.717) is 5.92 Å². The van der Waals surface area contributed by atoms with Crippen LogP contribution in [-0.4, -0.2) is 47.0 Å². The molecule has 0 bridgehead atoms. The molecule has 0 saturated carbocycles. The van der Waals surface area contributed by atoms with Gasteiger partial charge in [-0.2, -0.15) is 0 Å². The first kappa shape index (κ1) is 18.4. The molecule has 0 atom stereocenters. The number of carbonyl (C=O) groups excluding carboxylic acids is 2. The molecule has 1 aliphatic rings. The Morgan fingerprint density at radius 3 is 2.58 bits per heavy atom. The monoisotopic (exact) mass is 332 g/mol. The second-order valence-electron chi connectivity index (χ2n) is 7.54. The third-order valence-electron chi connectivity index (χ3n) is 4.06.